The minimum absolute atomic E-state index is 0.239. The Balaban J connectivity index is 2.40. The molecule has 0 N–H and O–H groups in total. The first-order chi connectivity index (χ1) is 7.20. The molecule has 2 nitrogen and oxygen atoms in total. The van der Waals surface area contributed by atoms with E-state index in [0.29, 0.717) is 23.3 Å². The van der Waals surface area contributed by atoms with Gasteiger partial charge in [-0.05, 0) is 36.4 Å². The Morgan fingerprint density at radius 3 is 2.87 bits per heavy atom. The van der Waals surface area contributed by atoms with E-state index in [2.05, 4.69) is 9.36 Å². The Kier molecular flexibility index (Phi) is 2.82. The highest BCUT2D eigenvalue weighted by molar-refractivity contribution is 7.05. The van der Waals surface area contributed by atoms with Gasteiger partial charge in [0.05, 0.1) is 7.85 Å². The van der Waals surface area contributed by atoms with Crippen LogP contribution in [0.5, 0.6) is 0 Å². The number of halogens is 1. The number of aryl methyl sites for hydroxylation is 1. The molecule has 0 bridgehead atoms. The topological polar surface area (TPSA) is 25.8 Å². The van der Waals surface area contributed by atoms with Gasteiger partial charge in [0.25, 0.3) is 0 Å². The molecule has 1 aromatic carbocycles. The zero-order valence-corrected chi connectivity index (χ0v) is 9.01. The van der Waals surface area contributed by atoms with Crippen LogP contribution in [-0.2, 0) is 6.32 Å². The normalized spacial score (nSPS) is 10.5. The second-order valence-corrected chi connectivity index (χ2v) is 4.02. The second-order valence-electron chi connectivity index (χ2n) is 3.18. The van der Waals surface area contributed by atoms with E-state index in [0.717, 1.165) is 5.01 Å². The highest BCUT2D eigenvalue weighted by Crippen LogP contribution is 2.20. The van der Waals surface area contributed by atoms with Crippen molar-refractivity contribution in [2.24, 2.45) is 0 Å². The van der Waals surface area contributed by atoms with Crippen molar-refractivity contribution in [2.45, 2.75) is 13.2 Å². The molecule has 0 aliphatic carbocycles. The van der Waals surface area contributed by atoms with Crippen LogP contribution in [-0.4, -0.2) is 17.2 Å². The van der Waals surface area contributed by atoms with Crippen LogP contribution in [0.15, 0.2) is 18.2 Å². The molecule has 0 aliphatic rings. The van der Waals surface area contributed by atoms with Crippen LogP contribution >= 0.6 is 11.5 Å². The molecule has 0 saturated carbocycles. The molecule has 74 valence electrons. The van der Waals surface area contributed by atoms with E-state index < -0.39 is 0 Å². The van der Waals surface area contributed by atoms with Crippen molar-refractivity contribution in [3.8, 4) is 11.4 Å². The van der Waals surface area contributed by atoms with Gasteiger partial charge in [-0.3, -0.25) is 0 Å². The predicted molar refractivity (Wildman–Crippen MR) is 59.5 cm³/mol. The summed E-state index contributed by atoms with van der Waals surface area (Å²) in [6.07, 6.45) is 0.367. The van der Waals surface area contributed by atoms with E-state index in [1.807, 2.05) is 0 Å². The van der Waals surface area contributed by atoms with E-state index >= 15 is 0 Å². The van der Waals surface area contributed by atoms with Gasteiger partial charge in [-0.15, -0.1) is 0 Å². The Morgan fingerprint density at radius 1 is 1.47 bits per heavy atom. The third-order valence-corrected chi connectivity index (χ3v) is 2.81. The summed E-state index contributed by atoms with van der Waals surface area (Å²) >= 11 is 1.25. The van der Waals surface area contributed by atoms with Crippen molar-refractivity contribution in [3.63, 3.8) is 0 Å². The summed E-state index contributed by atoms with van der Waals surface area (Å²) in [4.78, 5) is 4.19. The highest BCUT2D eigenvalue weighted by atomic mass is 32.1. The lowest BCUT2D eigenvalue weighted by molar-refractivity contribution is 0.619. The Hall–Kier alpha value is -1.23. The van der Waals surface area contributed by atoms with Gasteiger partial charge in [-0.2, -0.15) is 4.37 Å². The molecule has 0 fully saturated rings. The van der Waals surface area contributed by atoms with Gasteiger partial charge in [0.2, 0.25) is 0 Å². The van der Waals surface area contributed by atoms with Gasteiger partial charge >= 0.3 is 0 Å². The molecule has 0 atom stereocenters. The fraction of sp³-hybridized carbons (Fsp3) is 0.200. The highest BCUT2D eigenvalue weighted by Gasteiger charge is 2.07. The van der Waals surface area contributed by atoms with Crippen LogP contribution in [0.25, 0.3) is 11.4 Å². The maximum atomic E-state index is 13.3. The largest absolute Gasteiger partial charge is 0.221 e. The smallest absolute Gasteiger partial charge is 0.173 e. The monoisotopic (exact) mass is 218 g/mol. The molecular weight excluding hydrogens is 210 g/mol. The Morgan fingerprint density at radius 2 is 2.27 bits per heavy atom. The number of benzene rings is 1. The Bertz CT molecular complexity index is 484. The van der Waals surface area contributed by atoms with Crippen LogP contribution in [0.4, 0.5) is 4.39 Å². The molecule has 1 aromatic heterocycles. The fourth-order valence-corrected chi connectivity index (χ4v) is 1.73. The maximum Gasteiger partial charge on any atom is 0.173 e. The first kappa shape index (κ1) is 10.3. The minimum atomic E-state index is -0.239. The zero-order chi connectivity index (χ0) is 10.8. The first-order valence-corrected chi connectivity index (χ1v) is 5.27. The summed E-state index contributed by atoms with van der Waals surface area (Å²) in [5.74, 6) is 0.302. The molecule has 0 saturated heterocycles. The predicted octanol–water partition coefficient (Wildman–Crippen LogP) is 2.32. The van der Waals surface area contributed by atoms with Crippen LogP contribution in [0.3, 0.4) is 0 Å². The summed E-state index contributed by atoms with van der Waals surface area (Å²) in [5.41, 5.74) is 1.31. The summed E-state index contributed by atoms with van der Waals surface area (Å²) < 4.78 is 17.4. The molecule has 1 heterocycles. The molecule has 2 aromatic rings. The quantitative estimate of drug-likeness (QED) is 0.723. The average Bonchev–Trinajstić information content (AvgIpc) is 2.70. The number of hydrogen-bond acceptors (Lipinski definition) is 3. The Labute approximate surface area is 92.8 Å². The molecular formula is C10H8BFN2S. The molecule has 0 spiro atoms. The molecule has 2 radical (unpaired) electrons. The van der Waals surface area contributed by atoms with E-state index in [-0.39, 0.29) is 5.82 Å². The first-order valence-electron chi connectivity index (χ1n) is 4.50. The SMILES string of the molecule is [B]Cc1nc(-c2ccc(C)c(F)c2)ns1. The lowest BCUT2D eigenvalue weighted by atomic mass is 10.1. The molecule has 2 rings (SSSR count). The van der Waals surface area contributed by atoms with E-state index in [9.17, 15) is 4.39 Å². The van der Waals surface area contributed by atoms with Crippen molar-refractivity contribution in [2.75, 3.05) is 0 Å². The van der Waals surface area contributed by atoms with Crippen molar-refractivity contribution in [1.29, 1.82) is 0 Å². The van der Waals surface area contributed by atoms with Gasteiger partial charge in [0, 0.05) is 5.56 Å². The zero-order valence-electron chi connectivity index (χ0n) is 8.20. The van der Waals surface area contributed by atoms with E-state index in [1.165, 1.54) is 17.6 Å². The van der Waals surface area contributed by atoms with Crippen molar-refractivity contribution in [3.05, 3.63) is 34.6 Å². The average molecular weight is 218 g/mol. The number of aromatic nitrogens is 2. The molecule has 0 unspecified atom stereocenters. The van der Waals surface area contributed by atoms with Crippen molar-refractivity contribution in [1.82, 2.24) is 9.36 Å². The van der Waals surface area contributed by atoms with Gasteiger partial charge < -0.3 is 0 Å². The lowest BCUT2D eigenvalue weighted by Gasteiger charge is -1.98. The summed E-state index contributed by atoms with van der Waals surface area (Å²) in [6.45, 7) is 1.72. The lowest BCUT2D eigenvalue weighted by Crippen LogP contribution is -1.87. The summed E-state index contributed by atoms with van der Waals surface area (Å²) in [5, 5.41) is 0.756. The van der Waals surface area contributed by atoms with Crippen LogP contribution in [0.2, 0.25) is 0 Å². The van der Waals surface area contributed by atoms with Crippen LogP contribution in [0, 0.1) is 12.7 Å². The molecule has 15 heavy (non-hydrogen) atoms. The molecule has 0 amide bonds. The van der Waals surface area contributed by atoms with Crippen molar-refractivity contribution < 1.29 is 4.39 Å². The van der Waals surface area contributed by atoms with E-state index in [1.54, 1.807) is 19.1 Å². The third kappa shape index (κ3) is 2.07. The maximum absolute atomic E-state index is 13.3. The molecule has 0 aliphatic heterocycles. The molecule has 5 heteroatoms. The third-order valence-electron chi connectivity index (χ3n) is 2.07. The number of nitrogens with zero attached hydrogens (tertiary/aromatic N) is 2. The van der Waals surface area contributed by atoms with Gasteiger partial charge in [-0.25, -0.2) is 9.37 Å². The minimum Gasteiger partial charge on any atom is -0.221 e. The van der Waals surface area contributed by atoms with Crippen LogP contribution in [0.1, 0.15) is 10.6 Å². The van der Waals surface area contributed by atoms with Gasteiger partial charge in [0.15, 0.2) is 5.82 Å². The van der Waals surface area contributed by atoms with E-state index in [4.69, 9.17) is 7.85 Å². The number of rotatable bonds is 2. The van der Waals surface area contributed by atoms with Crippen molar-refractivity contribution >= 4 is 19.4 Å². The number of hydrogen-bond donors (Lipinski definition) is 0. The van der Waals surface area contributed by atoms with Gasteiger partial charge in [-0.1, -0.05) is 12.1 Å². The van der Waals surface area contributed by atoms with Gasteiger partial charge in [0.1, 0.15) is 10.8 Å². The standard InChI is InChI=1S/C10H8BFN2S/c1-6-2-3-7(4-8(6)12)10-13-9(5-11)15-14-10/h2-4H,5H2,1H3. The summed E-state index contributed by atoms with van der Waals surface area (Å²) in [7, 11) is 5.43. The van der Waals surface area contributed by atoms with Crippen LogP contribution < -0.4 is 0 Å². The fourth-order valence-electron chi connectivity index (χ4n) is 1.19. The second kappa shape index (κ2) is 4.10. The summed E-state index contributed by atoms with van der Waals surface area (Å²) in [6, 6.07) is 4.96.